The molecule has 12 heteroatoms. The fourth-order valence-electron chi connectivity index (χ4n) is 4.38. The number of benzene rings is 3. The standard InChI is InChI=1S/C29H26Cl3N3O5S/c1-3-40-28(38)18-5-8-20(9-6-18)33-26(36)16-24-27(37)35(21-10-11-25(39-2)23(32)15-21)29(41)34(24)13-12-17-4-7-19(30)14-22(17)31/h4-11,14-15,24H,3,12-13,16H2,1-2H3,(H,33,36). The molecule has 214 valence electrons. The van der Waals surface area contributed by atoms with E-state index in [4.69, 9.17) is 56.5 Å². The number of carbonyl (C=O) groups excluding carboxylic acids is 3. The van der Waals surface area contributed by atoms with Gasteiger partial charge in [-0.1, -0.05) is 40.9 Å². The van der Waals surface area contributed by atoms with Crippen LogP contribution in [0.2, 0.25) is 15.1 Å². The quantitative estimate of drug-likeness (QED) is 0.204. The van der Waals surface area contributed by atoms with Crippen LogP contribution in [0.15, 0.2) is 60.7 Å². The topological polar surface area (TPSA) is 88.2 Å². The van der Waals surface area contributed by atoms with Crippen LogP contribution in [0, 0.1) is 0 Å². The Labute approximate surface area is 258 Å². The highest BCUT2D eigenvalue weighted by atomic mass is 35.5. The monoisotopic (exact) mass is 633 g/mol. The lowest BCUT2D eigenvalue weighted by Crippen LogP contribution is -2.39. The second-order valence-corrected chi connectivity index (χ2v) is 10.6. The maximum atomic E-state index is 13.7. The zero-order valence-electron chi connectivity index (χ0n) is 22.2. The highest BCUT2D eigenvalue weighted by molar-refractivity contribution is 7.80. The minimum absolute atomic E-state index is 0.173. The van der Waals surface area contributed by atoms with Crippen LogP contribution in [-0.2, 0) is 20.7 Å². The van der Waals surface area contributed by atoms with Gasteiger partial charge in [0.25, 0.3) is 5.91 Å². The fourth-order valence-corrected chi connectivity index (χ4v) is 5.55. The number of carbonyl (C=O) groups is 3. The Morgan fingerprint density at radius 3 is 2.37 bits per heavy atom. The van der Waals surface area contributed by atoms with E-state index in [2.05, 4.69) is 5.32 Å². The number of hydrogen-bond acceptors (Lipinski definition) is 6. The van der Waals surface area contributed by atoms with Gasteiger partial charge in [-0.25, -0.2) is 4.79 Å². The molecule has 1 heterocycles. The average Bonchev–Trinajstić information content (AvgIpc) is 3.16. The molecule has 0 bridgehead atoms. The van der Waals surface area contributed by atoms with E-state index in [9.17, 15) is 14.4 Å². The number of nitrogens with zero attached hydrogens (tertiary/aromatic N) is 2. The third kappa shape index (κ3) is 7.11. The van der Waals surface area contributed by atoms with Crippen molar-refractivity contribution in [1.82, 2.24) is 4.90 Å². The highest BCUT2D eigenvalue weighted by Gasteiger charge is 2.44. The number of hydrogen-bond donors (Lipinski definition) is 1. The minimum Gasteiger partial charge on any atom is -0.495 e. The van der Waals surface area contributed by atoms with E-state index in [-0.39, 0.29) is 24.0 Å². The van der Waals surface area contributed by atoms with Gasteiger partial charge in [0.15, 0.2) is 5.11 Å². The molecule has 0 aromatic heterocycles. The normalized spacial score (nSPS) is 14.8. The molecule has 0 spiro atoms. The molecular weight excluding hydrogens is 609 g/mol. The first kappa shape index (κ1) is 30.6. The molecule has 0 aliphatic carbocycles. The summed E-state index contributed by atoms with van der Waals surface area (Å²) in [5.41, 5.74) is 2.11. The maximum absolute atomic E-state index is 13.7. The van der Waals surface area contributed by atoms with Crippen LogP contribution in [-0.4, -0.2) is 54.1 Å². The van der Waals surface area contributed by atoms with Crippen molar-refractivity contribution < 1.29 is 23.9 Å². The molecule has 4 rings (SSSR count). The van der Waals surface area contributed by atoms with Crippen molar-refractivity contribution in [2.75, 3.05) is 30.5 Å². The van der Waals surface area contributed by atoms with Gasteiger partial charge in [0, 0.05) is 22.3 Å². The highest BCUT2D eigenvalue weighted by Crippen LogP contribution is 2.34. The second-order valence-electron chi connectivity index (χ2n) is 9.02. The van der Waals surface area contributed by atoms with Gasteiger partial charge in [0.05, 0.1) is 36.4 Å². The van der Waals surface area contributed by atoms with Gasteiger partial charge in [0.1, 0.15) is 11.8 Å². The van der Waals surface area contributed by atoms with Crippen molar-refractivity contribution in [1.29, 1.82) is 0 Å². The van der Waals surface area contributed by atoms with E-state index in [0.717, 1.165) is 5.56 Å². The van der Waals surface area contributed by atoms with Crippen LogP contribution in [0.5, 0.6) is 5.75 Å². The molecule has 1 saturated heterocycles. The van der Waals surface area contributed by atoms with Crippen LogP contribution >= 0.6 is 47.0 Å². The van der Waals surface area contributed by atoms with Crippen molar-refractivity contribution in [3.05, 3.63) is 86.9 Å². The van der Waals surface area contributed by atoms with Gasteiger partial charge in [-0.15, -0.1) is 0 Å². The van der Waals surface area contributed by atoms with E-state index in [1.165, 1.54) is 12.0 Å². The molecule has 0 radical (unpaired) electrons. The largest absolute Gasteiger partial charge is 0.495 e. The molecular formula is C29H26Cl3N3O5S. The predicted octanol–water partition coefficient (Wildman–Crippen LogP) is 6.41. The van der Waals surface area contributed by atoms with Gasteiger partial charge < -0.3 is 19.7 Å². The maximum Gasteiger partial charge on any atom is 0.338 e. The summed E-state index contributed by atoms with van der Waals surface area (Å²) in [5, 5.41) is 4.34. The molecule has 3 aromatic carbocycles. The smallest absolute Gasteiger partial charge is 0.338 e. The molecule has 1 aliphatic heterocycles. The lowest BCUT2D eigenvalue weighted by molar-refractivity contribution is -0.124. The molecule has 1 fully saturated rings. The van der Waals surface area contributed by atoms with Crippen molar-refractivity contribution in [3.8, 4) is 5.75 Å². The number of ether oxygens (including phenoxy) is 2. The Hall–Kier alpha value is -3.37. The van der Waals surface area contributed by atoms with Gasteiger partial charge in [-0.2, -0.15) is 0 Å². The number of methoxy groups -OCH3 is 1. The molecule has 41 heavy (non-hydrogen) atoms. The first-order valence-electron chi connectivity index (χ1n) is 12.6. The van der Waals surface area contributed by atoms with E-state index < -0.39 is 17.9 Å². The van der Waals surface area contributed by atoms with Gasteiger partial charge in [-0.05, 0) is 85.7 Å². The Morgan fingerprint density at radius 2 is 1.73 bits per heavy atom. The fraction of sp³-hybridized carbons (Fsp3) is 0.241. The number of thiocarbonyl (C=S) groups is 1. The molecule has 1 atom stereocenters. The summed E-state index contributed by atoms with van der Waals surface area (Å²) in [4.78, 5) is 41.9. The third-order valence-corrected chi connectivity index (χ3v) is 7.71. The van der Waals surface area contributed by atoms with Crippen LogP contribution in [0.3, 0.4) is 0 Å². The van der Waals surface area contributed by atoms with Crippen molar-refractivity contribution >= 4 is 81.3 Å². The Bertz CT molecular complexity index is 1490. The third-order valence-electron chi connectivity index (χ3n) is 6.41. The molecule has 1 N–H and O–H groups in total. The Morgan fingerprint density at radius 1 is 1.00 bits per heavy atom. The second kappa shape index (κ2) is 13.5. The van der Waals surface area contributed by atoms with Crippen LogP contribution in [0.1, 0.15) is 29.3 Å². The average molecular weight is 635 g/mol. The van der Waals surface area contributed by atoms with E-state index >= 15 is 0 Å². The summed E-state index contributed by atoms with van der Waals surface area (Å²) in [6.07, 6.45) is 0.279. The van der Waals surface area contributed by atoms with E-state index in [1.54, 1.807) is 66.4 Å². The summed E-state index contributed by atoms with van der Waals surface area (Å²) in [5.74, 6) is -0.775. The van der Waals surface area contributed by atoms with Gasteiger partial charge in [0.2, 0.25) is 5.91 Å². The summed E-state index contributed by atoms with van der Waals surface area (Å²) in [7, 11) is 1.50. The molecule has 3 aromatic rings. The Kier molecular flexibility index (Phi) is 10.1. The van der Waals surface area contributed by atoms with E-state index in [0.29, 0.717) is 50.7 Å². The predicted molar refractivity (Wildman–Crippen MR) is 164 cm³/mol. The summed E-state index contributed by atoms with van der Waals surface area (Å²) in [6, 6.07) is 15.5. The van der Waals surface area contributed by atoms with Crippen LogP contribution in [0.25, 0.3) is 0 Å². The zero-order chi connectivity index (χ0) is 29.7. The van der Waals surface area contributed by atoms with Gasteiger partial charge in [-0.3, -0.25) is 14.5 Å². The van der Waals surface area contributed by atoms with Crippen LogP contribution < -0.4 is 15.0 Å². The Balaban J connectivity index is 1.55. The number of amides is 2. The number of rotatable bonds is 10. The van der Waals surface area contributed by atoms with Crippen molar-refractivity contribution in [2.24, 2.45) is 0 Å². The first-order chi connectivity index (χ1) is 19.6. The molecule has 0 saturated carbocycles. The van der Waals surface area contributed by atoms with Gasteiger partial charge >= 0.3 is 5.97 Å². The lowest BCUT2D eigenvalue weighted by atomic mass is 10.1. The number of nitrogens with one attached hydrogen (secondary N) is 1. The summed E-state index contributed by atoms with van der Waals surface area (Å²) < 4.78 is 10.2. The zero-order valence-corrected chi connectivity index (χ0v) is 25.2. The summed E-state index contributed by atoms with van der Waals surface area (Å²) in [6.45, 7) is 2.30. The van der Waals surface area contributed by atoms with Crippen molar-refractivity contribution in [2.45, 2.75) is 25.8 Å². The van der Waals surface area contributed by atoms with E-state index in [1.807, 2.05) is 6.07 Å². The first-order valence-corrected chi connectivity index (χ1v) is 14.2. The van der Waals surface area contributed by atoms with Crippen LogP contribution in [0.4, 0.5) is 11.4 Å². The number of anilines is 2. The summed E-state index contributed by atoms with van der Waals surface area (Å²) >= 11 is 24.5. The number of halogens is 3. The number of esters is 1. The lowest BCUT2D eigenvalue weighted by Gasteiger charge is -2.24. The molecule has 8 nitrogen and oxygen atoms in total. The molecule has 2 amide bonds. The molecule has 1 aliphatic rings. The molecule has 1 unspecified atom stereocenters. The SMILES string of the molecule is CCOC(=O)c1ccc(NC(=O)CC2C(=O)N(c3ccc(OC)c(Cl)c3)C(=S)N2CCc2ccc(Cl)cc2Cl)cc1. The van der Waals surface area contributed by atoms with Crippen molar-refractivity contribution in [3.63, 3.8) is 0 Å². The minimum atomic E-state index is -0.881.